The minimum Gasteiger partial charge on any atom is -0.453 e. The zero-order chi connectivity index (χ0) is 6.85. The van der Waals surface area contributed by atoms with Crippen LogP contribution in [-0.4, -0.2) is 30.7 Å². The first-order chi connectivity index (χ1) is 4.25. The fourth-order valence-electron chi connectivity index (χ4n) is 0.798. The van der Waals surface area contributed by atoms with E-state index in [9.17, 15) is 4.79 Å². The Morgan fingerprint density at radius 2 is 2.56 bits per heavy atom. The van der Waals surface area contributed by atoms with Gasteiger partial charge in [0.15, 0.2) is 0 Å². The van der Waals surface area contributed by atoms with Gasteiger partial charge in [-0.25, -0.2) is 4.79 Å². The number of nitrogens with zero attached hydrogens (tertiary/aromatic N) is 1. The van der Waals surface area contributed by atoms with Crippen molar-refractivity contribution in [2.75, 3.05) is 13.7 Å². The fourth-order valence-corrected chi connectivity index (χ4v) is 0.798. The van der Waals surface area contributed by atoms with Crippen molar-refractivity contribution in [2.45, 2.75) is 12.5 Å². The summed E-state index contributed by atoms with van der Waals surface area (Å²) in [7, 11) is 1.38. The average molecular weight is 128 g/mol. The molecule has 0 saturated carbocycles. The molecule has 1 radical (unpaired) electrons. The molecule has 3 nitrogen and oxygen atoms in total. The molecule has 1 aliphatic rings. The fraction of sp³-hybridized carbons (Fsp3) is 0.667. The monoisotopic (exact) mass is 128 g/mol. The van der Waals surface area contributed by atoms with Crippen LogP contribution in [0.5, 0.6) is 0 Å². The highest BCUT2D eigenvalue weighted by molar-refractivity contribution is 5.68. The second kappa shape index (κ2) is 2.25. The van der Waals surface area contributed by atoms with Crippen LogP contribution in [0.25, 0.3) is 0 Å². The van der Waals surface area contributed by atoms with Crippen molar-refractivity contribution >= 4 is 6.09 Å². The van der Waals surface area contributed by atoms with E-state index in [0.29, 0.717) is 0 Å². The van der Waals surface area contributed by atoms with E-state index in [1.807, 2.05) is 0 Å². The third kappa shape index (κ3) is 0.992. The predicted octanol–water partition coefficient (Wildman–Crippen LogP) is 0.661. The maximum Gasteiger partial charge on any atom is 0.409 e. The zero-order valence-corrected chi connectivity index (χ0v) is 5.46. The molecule has 9 heavy (non-hydrogen) atoms. The van der Waals surface area contributed by atoms with Gasteiger partial charge in [0, 0.05) is 12.6 Å². The van der Waals surface area contributed by atoms with Gasteiger partial charge >= 0.3 is 6.09 Å². The molecule has 0 N–H and O–H groups in total. The van der Waals surface area contributed by atoms with Gasteiger partial charge in [0.25, 0.3) is 0 Å². The van der Waals surface area contributed by atoms with Crippen molar-refractivity contribution in [1.82, 2.24) is 4.90 Å². The van der Waals surface area contributed by atoms with Crippen molar-refractivity contribution in [3.63, 3.8) is 0 Å². The molecule has 0 aromatic heterocycles. The minimum absolute atomic E-state index is 0.137. The van der Waals surface area contributed by atoms with Gasteiger partial charge in [0.2, 0.25) is 0 Å². The second-order valence-electron chi connectivity index (χ2n) is 2.11. The lowest BCUT2D eigenvalue weighted by molar-refractivity contribution is 0.0771. The molecule has 1 unspecified atom stereocenters. The highest BCUT2D eigenvalue weighted by Gasteiger charge is 2.28. The van der Waals surface area contributed by atoms with Gasteiger partial charge in [-0.05, 0) is 13.3 Å². The van der Waals surface area contributed by atoms with Gasteiger partial charge < -0.3 is 9.64 Å². The van der Waals surface area contributed by atoms with E-state index >= 15 is 0 Å². The highest BCUT2D eigenvalue weighted by atomic mass is 16.5. The summed E-state index contributed by atoms with van der Waals surface area (Å²) >= 11 is 0. The molecule has 1 atom stereocenters. The van der Waals surface area contributed by atoms with Crippen molar-refractivity contribution in [3.05, 3.63) is 6.92 Å². The Labute approximate surface area is 54.6 Å². The maximum atomic E-state index is 10.7. The van der Waals surface area contributed by atoms with Crippen molar-refractivity contribution in [3.8, 4) is 0 Å². The summed E-state index contributed by atoms with van der Waals surface area (Å²) in [4.78, 5) is 12.3. The van der Waals surface area contributed by atoms with Crippen LogP contribution < -0.4 is 0 Å². The van der Waals surface area contributed by atoms with Gasteiger partial charge in [-0.3, -0.25) is 0 Å². The van der Waals surface area contributed by atoms with Crippen LogP contribution in [0.3, 0.4) is 0 Å². The Morgan fingerprint density at radius 3 is 2.67 bits per heavy atom. The molecule has 1 amide bonds. The molecule has 1 rings (SSSR count). The molecule has 0 aromatic rings. The van der Waals surface area contributed by atoms with Crippen LogP contribution in [-0.2, 0) is 4.74 Å². The Hall–Kier alpha value is -0.730. The number of likely N-dealkylation sites (tertiary alicyclic amines) is 1. The molecule has 1 fully saturated rings. The van der Waals surface area contributed by atoms with Crippen LogP contribution in [0.4, 0.5) is 4.79 Å². The molecule has 0 aromatic carbocycles. The van der Waals surface area contributed by atoms with Gasteiger partial charge in [-0.2, -0.15) is 0 Å². The number of hydrogen-bond acceptors (Lipinski definition) is 2. The molecule has 0 spiro atoms. The maximum absolute atomic E-state index is 10.7. The minimum atomic E-state index is -0.263. The quantitative estimate of drug-likeness (QED) is 0.479. The van der Waals surface area contributed by atoms with Gasteiger partial charge in [-0.1, -0.05) is 0 Å². The number of amides is 1. The Kier molecular flexibility index (Phi) is 1.60. The van der Waals surface area contributed by atoms with Crippen LogP contribution in [0, 0.1) is 6.92 Å². The molecular formula is C6H10NO2. The third-order valence-corrected chi connectivity index (χ3v) is 1.55. The smallest absolute Gasteiger partial charge is 0.409 e. The molecule has 0 aliphatic carbocycles. The number of methoxy groups -OCH3 is 1. The van der Waals surface area contributed by atoms with Crippen LogP contribution in [0.1, 0.15) is 6.42 Å². The predicted molar refractivity (Wildman–Crippen MR) is 32.9 cm³/mol. The lowest BCUT2D eigenvalue weighted by Crippen LogP contribution is -2.49. The van der Waals surface area contributed by atoms with Crippen molar-refractivity contribution in [1.29, 1.82) is 0 Å². The number of carbonyl (C=O) groups excluding carboxylic acids is 1. The van der Waals surface area contributed by atoms with E-state index in [2.05, 4.69) is 11.7 Å². The van der Waals surface area contributed by atoms with E-state index in [0.717, 1.165) is 13.0 Å². The summed E-state index contributed by atoms with van der Waals surface area (Å²) < 4.78 is 4.47. The van der Waals surface area contributed by atoms with Crippen LogP contribution >= 0.6 is 0 Å². The van der Waals surface area contributed by atoms with Gasteiger partial charge in [-0.15, -0.1) is 0 Å². The van der Waals surface area contributed by atoms with E-state index in [-0.39, 0.29) is 12.1 Å². The van der Waals surface area contributed by atoms with Gasteiger partial charge in [0.05, 0.1) is 7.11 Å². The summed E-state index contributed by atoms with van der Waals surface area (Å²) in [5, 5.41) is 0. The number of ether oxygens (including phenoxy) is 1. The number of carbonyl (C=O) groups is 1. The Balaban J connectivity index is 2.35. The molecule has 1 aliphatic heterocycles. The summed E-state index contributed by atoms with van der Waals surface area (Å²) in [5.74, 6) is 0. The number of hydrogen-bond donors (Lipinski definition) is 0. The van der Waals surface area contributed by atoms with Gasteiger partial charge in [0.1, 0.15) is 0 Å². The molecule has 1 heterocycles. The second-order valence-corrected chi connectivity index (χ2v) is 2.11. The standard InChI is InChI=1S/C6H10NO2/c1-5-3-4-7(5)6(8)9-2/h5H,1,3-4H2,2H3. The van der Waals surface area contributed by atoms with E-state index in [1.165, 1.54) is 7.11 Å². The van der Waals surface area contributed by atoms with E-state index in [1.54, 1.807) is 4.90 Å². The van der Waals surface area contributed by atoms with Crippen LogP contribution in [0.15, 0.2) is 0 Å². The average Bonchev–Trinajstić information content (AvgIpc) is 1.84. The Bertz CT molecular complexity index is 124. The lowest BCUT2D eigenvalue weighted by atomic mass is 10.1. The molecule has 51 valence electrons. The summed E-state index contributed by atoms with van der Waals surface area (Å²) in [6, 6.07) is 0.137. The topological polar surface area (TPSA) is 29.5 Å². The largest absolute Gasteiger partial charge is 0.453 e. The molecule has 3 heteroatoms. The normalized spacial score (nSPS) is 25.1. The summed E-state index contributed by atoms with van der Waals surface area (Å²) in [5.41, 5.74) is 0. The lowest BCUT2D eigenvalue weighted by Gasteiger charge is -2.36. The molecular weight excluding hydrogens is 118 g/mol. The first kappa shape index (κ1) is 6.39. The zero-order valence-electron chi connectivity index (χ0n) is 5.46. The highest BCUT2D eigenvalue weighted by Crippen LogP contribution is 2.16. The summed E-state index contributed by atoms with van der Waals surface area (Å²) in [6.07, 6.45) is 0.732. The summed E-state index contributed by atoms with van der Waals surface area (Å²) in [6.45, 7) is 4.51. The third-order valence-electron chi connectivity index (χ3n) is 1.55. The van der Waals surface area contributed by atoms with Crippen molar-refractivity contribution < 1.29 is 9.53 Å². The Morgan fingerprint density at radius 1 is 1.89 bits per heavy atom. The number of rotatable bonds is 0. The SMILES string of the molecule is [CH2]C1CCN1C(=O)OC. The van der Waals surface area contributed by atoms with E-state index < -0.39 is 0 Å². The first-order valence-corrected chi connectivity index (χ1v) is 2.93. The van der Waals surface area contributed by atoms with Crippen LogP contribution in [0.2, 0.25) is 0 Å². The first-order valence-electron chi connectivity index (χ1n) is 2.93. The van der Waals surface area contributed by atoms with E-state index in [4.69, 9.17) is 0 Å². The molecule has 1 saturated heterocycles. The van der Waals surface area contributed by atoms with Crippen molar-refractivity contribution in [2.24, 2.45) is 0 Å². The molecule has 0 bridgehead atoms.